The van der Waals surface area contributed by atoms with Gasteiger partial charge in [0.2, 0.25) is 5.97 Å². The largest absolute Gasteiger partial charge is 0.276 e. The molecule has 1 N–H and O–H groups in total. The van der Waals surface area contributed by atoms with Gasteiger partial charge in [0, 0.05) is 0 Å². The van der Waals surface area contributed by atoms with E-state index in [1.807, 2.05) is 0 Å². The maximum atomic E-state index is 10.6. The molecule has 0 aromatic carbocycles. The van der Waals surface area contributed by atoms with Gasteiger partial charge in [-0.1, -0.05) is 0 Å². The van der Waals surface area contributed by atoms with Crippen molar-refractivity contribution in [3.63, 3.8) is 0 Å². The van der Waals surface area contributed by atoms with Crippen LogP contribution >= 0.6 is 0 Å². The number of hydrogen-bond acceptors (Lipinski definition) is 1. The van der Waals surface area contributed by atoms with Crippen LogP contribution in [0.25, 0.3) is 0 Å². The highest BCUT2D eigenvalue weighted by Crippen LogP contribution is 1.70. The zero-order chi connectivity index (χ0) is 4.28. The average molecular weight is 79.0 g/mol. The molecule has 0 fully saturated rings. The molecule has 0 spiro atoms. The molecular formula is C2H3F2N. The van der Waals surface area contributed by atoms with Gasteiger partial charge in [0.05, 0.1) is 0 Å². The van der Waals surface area contributed by atoms with Crippen LogP contribution in [0.4, 0.5) is 8.78 Å². The molecule has 0 aliphatic rings. The monoisotopic (exact) mass is 79.0 g/mol. The molecule has 0 saturated carbocycles. The van der Waals surface area contributed by atoms with Gasteiger partial charge in [0.15, 0.2) is 6.67 Å². The highest BCUT2D eigenvalue weighted by Gasteiger charge is 1.81. The molecular weight excluding hydrogens is 76.0 g/mol. The van der Waals surface area contributed by atoms with Crippen LogP contribution in [0.3, 0.4) is 0 Å². The third-order valence-electron chi connectivity index (χ3n) is 0.117. The van der Waals surface area contributed by atoms with Crippen LogP contribution in [0.2, 0.25) is 0 Å². The second-order valence-electron chi connectivity index (χ2n) is 0.539. The molecule has 0 aliphatic heterocycles. The van der Waals surface area contributed by atoms with Gasteiger partial charge in [-0.2, -0.15) is 4.39 Å². The Hall–Kier alpha value is -0.470. The van der Waals surface area contributed by atoms with Gasteiger partial charge < -0.3 is 0 Å². The van der Waals surface area contributed by atoms with Crippen LogP contribution in [-0.2, 0) is 0 Å². The molecule has 5 heavy (non-hydrogen) atoms. The predicted octanol–water partition coefficient (Wildman–Crippen LogP) is 0.903. The summed E-state index contributed by atoms with van der Waals surface area (Å²) in [5.74, 6) is -1.41. The molecule has 0 amide bonds. The minimum Gasteiger partial charge on any atom is -0.276 e. The van der Waals surface area contributed by atoms with Crippen molar-refractivity contribution in [2.45, 2.75) is 0 Å². The maximum Gasteiger partial charge on any atom is 0.213 e. The van der Waals surface area contributed by atoms with Crippen molar-refractivity contribution in [3.05, 3.63) is 0 Å². The van der Waals surface area contributed by atoms with E-state index in [9.17, 15) is 8.78 Å². The minimum absolute atomic E-state index is 1.28. The Morgan fingerprint density at radius 3 is 2.00 bits per heavy atom. The van der Waals surface area contributed by atoms with Gasteiger partial charge in [-0.15, -0.1) is 0 Å². The summed E-state index contributed by atoms with van der Waals surface area (Å²) in [7, 11) is 0. The van der Waals surface area contributed by atoms with E-state index >= 15 is 0 Å². The first kappa shape index (κ1) is 4.53. The third-order valence-corrected chi connectivity index (χ3v) is 0.117. The molecule has 0 heterocycles. The molecule has 0 atom stereocenters. The van der Waals surface area contributed by atoms with E-state index in [0.29, 0.717) is 0 Å². The van der Waals surface area contributed by atoms with Crippen molar-refractivity contribution < 1.29 is 8.78 Å². The first-order valence-corrected chi connectivity index (χ1v) is 1.06. The molecule has 0 aromatic heterocycles. The van der Waals surface area contributed by atoms with Crippen LogP contribution in [0, 0.1) is 5.41 Å². The fraction of sp³-hybridized carbons (Fsp3) is 0.500. The smallest absolute Gasteiger partial charge is 0.213 e. The second-order valence-corrected chi connectivity index (χ2v) is 0.539. The van der Waals surface area contributed by atoms with Crippen LogP contribution in [0.1, 0.15) is 0 Å². The summed E-state index contributed by atoms with van der Waals surface area (Å²) >= 11 is 0. The second kappa shape index (κ2) is 1.81. The molecule has 0 radical (unpaired) electrons. The first-order valence-electron chi connectivity index (χ1n) is 1.06. The standard InChI is InChI=1S/C2H3F2N/c3-1-2(4)5/h5H,1H2. The van der Waals surface area contributed by atoms with Crippen molar-refractivity contribution in [2.24, 2.45) is 0 Å². The number of halogens is 2. The zero-order valence-corrected chi connectivity index (χ0v) is 2.46. The van der Waals surface area contributed by atoms with Crippen molar-refractivity contribution in [3.8, 4) is 0 Å². The fourth-order valence-electron chi connectivity index (χ4n) is 0. The van der Waals surface area contributed by atoms with Crippen molar-refractivity contribution in [2.75, 3.05) is 6.67 Å². The van der Waals surface area contributed by atoms with Crippen LogP contribution in [0.5, 0.6) is 0 Å². The van der Waals surface area contributed by atoms with Gasteiger partial charge in [0.1, 0.15) is 0 Å². The van der Waals surface area contributed by atoms with Crippen molar-refractivity contribution in [1.29, 1.82) is 5.41 Å². The number of nitrogens with one attached hydrogen (secondary N) is 1. The van der Waals surface area contributed by atoms with E-state index in [2.05, 4.69) is 0 Å². The fourth-order valence-corrected chi connectivity index (χ4v) is 0. The summed E-state index contributed by atoms with van der Waals surface area (Å²) in [5.41, 5.74) is 0. The van der Waals surface area contributed by atoms with Gasteiger partial charge in [-0.25, -0.2) is 4.39 Å². The number of rotatable bonds is 1. The summed E-state index contributed by atoms with van der Waals surface area (Å²) in [6.07, 6.45) is 0. The molecule has 0 aromatic rings. The highest BCUT2D eigenvalue weighted by atomic mass is 19.2. The highest BCUT2D eigenvalue weighted by molar-refractivity contribution is 5.72. The summed E-state index contributed by atoms with van der Waals surface area (Å²) in [6.45, 7) is -1.28. The molecule has 0 bridgehead atoms. The predicted molar refractivity (Wildman–Crippen MR) is 14.8 cm³/mol. The maximum absolute atomic E-state index is 10.6. The van der Waals surface area contributed by atoms with Crippen molar-refractivity contribution in [1.82, 2.24) is 0 Å². The lowest BCUT2D eigenvalue weighted by Crippen LogP contribution is -1.83. The van der Waals surface area contributed by atoms with E-state index < -0.39 is 12.6 Å². The summed E-state index contributed by atoms with van der Waals surface area (Å²) in [6, 6.07) is 0. The van der Waals surface area contributed by atoms with E-state index in [4.69, 9.17) is 5.41 Å². The lowest BCUT2D eigenvalue weighted by atomic mass is 10.8. The summed E-state index contributed by atoms with van der Waals surface area (Å²) in [4.78, 5) is 0. The van der Waals surface area contributed by atoms with Gasteiger partial charge in [-0.3, -0.25) is 5.41 Å². The first-order chi connectivity index (χ1) is 2.27. The quantitative estimate of drug-likeness (QED) is 0.451. The van der Waals surface area contributed by atoms with E-state index in [1.165, 1.54) is 0 Å². The van der Waals surface area contributed by atoms with Gasteiger partial charge >= 0.3 is 0 Å². The Labute approximate surface area is 28.1 Å². The average Bonchev–Trinajstić information content (AvgIpc) is 1.38. The Balaban J connectivity index is 2.85. The lowest BCUT2D eigenvalue weighted by Gasteiger charge is -1.68. The Bertz CT molecular complexity index is 42.9. The summed E-state index contributed by atoms with van der Waals surface area (Å²) in [5, 5.41) is 5.70. The SMILES string of the molecule is N=C(F)CF. The molecule has 0 saturated heterocycles. The Morgan fingerprint density at radius 2 is 2.00 bits per heavy atom. The number of hydrogen-bond donors (Lipinski definition) is 1. The topological polar surface area (TPSA) is 23.9 Å². The molecule has 0 unspecified atom stereocenters. The van der Waals surface area contributed by atoms with E-state index in [0.717, 1.165) is 0 Å². The molecule has 30 valence electrons. The van der Waals surface area contributed by atoms with Gasteiger partial charge in [-0.05, 0) is 0 Å². The molecule has 0 rings (SSSR count). The van der Waals surface area contributed by atoms with Crippen LogP contribution < -0.4 is 0 Å². The normalized spacial score (nSPS) is 7.60. The lowest BCUT2D eigenvalue weighted by molar-refractivity contribution is 0.543. The zero-order valence-electron chi connectivity index (χ0n) is 2.46. The molecule has 1 nitrogen and oxygen atoms in total. The number of alkyl halides is 1. The van der Waals surface area contributed by atoms with Crippen LogP contribution in [0.15, 0.2) is 0 Å². The Morgan fingerprint density at radius 1 is 1.80 bits per heavy atom. The van der Waals surface area contributed by atoms with Crippen molar-refractivity contribution >= 4 is 5.97 Å². The van der Waals surface area contributed by atoms with Gasteiger partial charge in [0.25, 0.3) is 0 Å². The van der Waals surface area contributed by atoms with E-state index in [-0.39, 0.29) is 0 Å². The minimum atomic E-state index is -1.41. The summed E-state index contributed by atoms with van der Waals surface area (Å²) < 4.78 is 21.2. The van der Waals surface area contributed by atoms with E-state index in [1.54, 1.807) is 0 Å². The third kappa shape index (κ3) is 3.53. The molecule has 3 heteroatoms. The molecule has 0 aliphatic carbocycles. The Kier molecular flexibility index (Phi) is 1.64. The van der Waals surface area contributed by atoms with Crippen LogP contribution in [-0.4, -0.2) is 12.6 Å².